The zero-order chi connectivity index (χ0) is 13.5. The van der Waals surface area contributed by atoms with E-state index in [9.17, 15) is 9.59 Å². The quantitative estimate of drug-likeness (QED) is 0.839. The normalized spacial score (nSPS) is 10.2. The first-order valence-electron chi connectivity index (χ1n) is 5.84. The van der Waals surface area contributed by atoms with E-state index in [1.807, 2.05) is 0 Å². The maximum absolute atomic E-state index is 11.5. The van der Waals surface area contributed by atoms with Crippen LogP contribution in [0.1, 0.15) is 20.3 Å². The summed E-state index contributed by atoms with van der Waals surface area (Å²) in [5.41, 5.74) is 0.599. The number of carbonyl (C=O) groups is 2. The average Bonchev–Trinajstić information content (AvgIpc) is 2.31. The highest BCUT2D eigenvalue weighted by Crippen LogP contribution is 2.13. The number of anilines is 1. The minimum Gasteiger partial charge on any atom is -0.348 e. The van der Waals surface area contributed by atoms with Crippen LogP contribution in [0.4, 0.5) is 5.69 Å². The van der Waals surface area contributed by atoms with Crippen molar-refractivity contribution < 1.29 is 9.59 Å². The van der Waals surface area contributed by atoms with Gasteiger partial charge in [0.05, 0.1) is 0 Å². The fourth-order valence-electron chi connectivity index (χ4n) is 1.28. The van der Waals surface area contributed by atoms with Gasteiger partial charge in [-0.3, -0.25) is 9.59 Å². The van der Waals surface area contributed by atoms with Crippen molar-refractivity contribution in [1.29, 1.82) is 0 Å². The summed E-state index contributed by atoms with van der Waals surface area (Å²) in [7, 11) is 0. The van der Waals surface area contributed by atoms with E-state index >= 15 is 0 Å². The molecule has 4 nitrogen and oxygen atoms in total. The number of hydrogen-bond donors (Lipinski definition) is 2. The van der Waals surface area contributed by atoms with Crippen molar-refractivity contribution in [2.24, 2.45) is 5.92 Å². The highest BCUT2D eigenvalue weighted by Gasteiger charge is 2.12. The first kappa shape index (κ1) is 14.7. The van der Waals surface area contributed by atoms with Gasteiger partial charge in [-0.15, -0.1) is 0 Å². The van der Waals surface area contributed by atoms with Gasteiger partial charge >= 0.3 is 11.8 Å². The Kier molecular flexibility index (Phi) is 5.85. The SMILES string of the molecule is CC(C)CCNC(=O)C(=O)Nc1ccc(Br)cc1. The first-order valence-corrected chi connectivity index (χ1v) is 6.63. The van der Waals surface area contributed by atoms with Crippen LogP contribution in [0.2, 0.25) is 0 Å². The average molecular weight is 313 g/mol. The van der Waals surface area contributed by atoms with E-state index in [0.29, 0.717) is 18.2 Å². The largest absolute Gasteiger partial charge is 0.348 e. The Balaban J connectivity index is 2.40. The number of nitrogens with one attached hydrogen (secondary N) is 2. The van der Waals surface area contributed by atoms with Gasteiger partial charge in [0.25, 0.3) is 0 Å². The molecule has 0 radical (unpaired) electrons. The second-order valence-corrected chi connectivity index (χ2v) is 5.32. The number of benzene rings is 1. The Bertz CT molecular complexity index is 416. The van der Waals surface area contributed by atoms with E-state index in [2.05, 4.69) is 40.4 Å². The van der Waals surface area contributed by atoms with Gasteiger partial charge in [0, 0.05) is 16.7 Å². The summed E-state index contributed by atoms with van der Waals surface area (Å²) in [5.74, 6) is -0.737. The van der Waals surface area contributed by atoms with Gasteiger partial charge in [-0.1, -0.05) is 29.8 Å². The minimum atomic E-state index is -0.638. The van der Waals surface area contributed by atoms with Crippen LogP contribution in [0.3, 0.4) is 0 Å². The second kappa shape index (κ2) is 7.16. The van der Waals surface area contributed by atoms with Crippen LogP contribution in [0.15, 0.2) is 28.7 Å². The van der Waals surface area contributed by atoms with Gasteiger partial charge < -0.3 is 10.6 Å². The molecule has 1 rings (SSSR count). The molecule has 0 aliphatic rings. The molecule has 0 aliphatic heterocycles. The molecular weight excluding hydrogens is 296 g/mol. The van der Waals surface area contributed by atoms with E-state index < -0.39 is 11.8 Å². The molecule has 0 heterocycles. The van der Waals surface area contributed by atoms with Crippen molar-refractivity contribution in [3.8, 4) is 0 Å². The Labute approximate surface area is 115 Å². The highest BCUT2D eigenvalue weighted by atomic mass is 79.9. The molecule has 2 amide bonds. The molecule has 0 bridgehead atoms. The minimum absolute atomic E-state index is 0.500. The molecule has 18 heavy (non-hydrogen) atoms. The van der Waals surface area contributed by atoms with Crippen molar-refractivity contribution in [3.05, 3.63) is 28.7 Å². The molecule has 0 atom stereocenters. The van der Waals surface area contributed by atoms with Gasteiger partial charge in [0.1, 0.15) is 0 Å². The van der Waals surface area contributed by atoms with E-state index in [1.165, 1.54) is 0 Å². The number of amides is 2. The lowest BCUT2D eigenvalue weighted by molar-refractivity contribution is -0.136. The Morgan fingerprint density at radius 1 is 1.17 bits per heavy atom. The van der Waals surface area contributed by atoms with E-state index in [4.69, 9.17) is 0 Å². The van der Waals surface area contributed by atoms with Gasteiger partial charge in [-0.2, -0.15) is 0 Å². The third-order valence-electron chi connectivity index (χ3n) is 2.32. The molecule has 2 N–H and O–H groups in total. The van der Waals surface area contributed by atoms with Crippen molar-refractivity contribution in [1.82, 2.24) is 5.32 Å². The van der Waals surface area contributed by atoms with Crippen molar-refractivity contribution in [3.63, 3.8) is 0 Å². The molecule has 5 heteroatoms. The predicted octanol–water partition coefficient (Wildman–Crippen LogP) is 2.55. The number of carbonyl (C=O) groups excluding carboxylic acids is 2. The summed E-state index contributed by atoms with van der Waals surface area (Å²) in [6.07, 6.45) is 0.858. The van der Waals surface area contributed by atoms with E-state index in [0.717, 1.165) is 10.9 Å². The molecule has 0 aliphatic carbocycles. The summed E-state index contributed by atoms with van der Waals surface area (Å²) < 4.78 is 0.918. The van der Waals surface area contributed by atoms with Crippen LogP contribution in [-0.4, -0.2) is 18.4 Å². The summed E-state index contributed by atoms with van der Waals surface area (Å²) in [4.78, 5) is 23.0. The van der Waals surface area contributed by atoms with Gasteiger partial charge in [0.15, 0.2) is 0 Å². The van der Waals surface area contributed by atoms with Crippen molar-refractivity contribution in [2.75, 3.05) is 11.9 Å². The van der Waals surface area contributed by atoms with Gasteiger partial charge in [-0.05, 0) is 36.6 Å². The van der Waals surface area contributed by atoms with Crippen LogP contribution in [0.25, 0.3) is 0 Å². The lowest BCUT2D eigenvalue weighted by Crippen LogP contribution is -2.36. The smallest absolute Gasteiger partial charge is 0.313 e. The van der Waals surface area contributed by atoms with Crippen LogP contribution in [0, 0.1) is 5.92 Å². The van der Waals surface area contributed by atoms with Crippen molar-refractivity contribution >= 4 is 33.4 Å². The van der Waals surface area contributed by atoms with Crippen LogP contribution < -0.4 is 10.6 Å². The third-order valence-corrected chi connectivity index (χ3v) is 2.84. The summed E-state index contributed by atoms with van der Waals surface area (Å²) in [5, 5.41) is 5.12. The Morgan fingerprint density at radius 3 is 2.33 bits per heavy atom. The maximum Gasteiger partial charge on any atom is 0.313 e. The molecule has 0 aromatic heterocycles. The second-order valence-electron chi connectivity index (χ2n) is 4.40. The Hall–Kier alpha value is -1.36. The number of hydrogen-bond acceptors (Lipinski definition) is 2. The fraction of sp³-hybridized carbons (Fsp3) is 0.385. The van der Waals surface area contributed by atoms with E-state index in [1.54, 1.807) is 24.3 Å². The molecule has 1 aromatic rings. The summed E-state index contributed by atoms with van der Waals surface area (Å²) >= 11 is 3.30. The summed E-state index contributed by atoms with van der Waals surface area (Å²) in [6.45, 7) is 4.65. The molecular formula is C13H17BrN2O2. The molecule has 0 saturated heterocycles. The van der Waals surface area contributed by atoms with Crippen LogP contribution in [0.5, 0.6) is 0 Å². The fourth-order valence-corrected chi connectivity index (χ4v) is 1.54. The molecule has 0 unspecified atom stereocenters. The Morgan fingerprint density at radius 2 is 1.78 bits per heavy atom. The summed E-state index contributed by atoms with van der Waals surface area (Å²) in [6, 6.07) is 7.05. The zero-order valence-electron chi connectivity index (χ0n) is 10.5. The highest BCUT2D eigenvalue weighted by molar-refractivity contribution is 9.10. The molecule has 1 aromatic carbocycles. The molecule has 0 fully saturated rings. The lowest BCUT2D eigenvalue weighted by Gasteiger charge is -2.07. The van der Waals surface area contributed by atoms with Gasteiger partial charge in [0.2, 0.25) is 0 Å². The van der Waals surface area contributed by atoms with Crippen molar-refractivity contribution in [2.45, 2.75) is 20.3 Å². The zero-order valence-corrected chi connectivity index (χ0v) is 12.1. The number of halogens is 1. The third kappa shape index (κ3) is 5.31. The molecule has 0 spiro atoms. The molecule has 0 saturated carbocycles. The molecule has 98 valence electrons. The monoisotopic (exact) mass is 312 g/mol. The predicted molar refractivity (Wildman–Crippen MR) is 75.2 cm³/mol. The maximum atomic E-state index is 11.5. The number of rotatable bonds is 4. The van der Waals surface area contributed by atoms with E-state index in [-0.39, 0.29) is 0 Å². The van der Waals surface area contributed by atoms with Gasteiger partial charge in [-0.25, -0.2) is 0 Å². The van der Waals surface area contributed by atoms with Crippen LogP contribution >= 0.6 is 15.9 Å². The van der Waals surface area contributed by atoms with Crippen LogP contribution in [-0.2, 0) is 9.59 Å². The standard InChI is InChI=1S/C13H17BrN2O2/c1-9(2)7-8-15-12(17)13(18)16-11-5-3-10(14)4-6-11/h3-6,9H,7-8H2,1-2H3,(H,15,17)(H,16,18). The first-order chi connectivity index (χ1) is 8.49. The lowest BCUT2D eigenvalue weighted by atomic mass is 10.1. The topological polar surface area (TPSA) is 58.2 Å².